The lowest BCUT2D eigenvalue weighted by Gasteiger charge is -2.09. The van der Waals surface area contributed by atoms with Crippen LogP contribution in [-0.2, 0) is 16.0 Å². The van der Waals surface area contributed by atoms with Crippen LogP contribution >= 0.6 is 0 Å². The molecule has 2 amide bonds. The molecule has 1 fully saturated rings. The SMILES string of the molecule is CCc1ccccc1NC(=O)CNC(=O)/C=C/c1cc(C)n(C2CC2)c1C. The predicted octanol–water partition coefficient (Wildman–Crippen LogP) is 3.77. The summed E-state index contributed by atoms with van der Waals surface area (Å²) in [6.07, 6.45) is 6.62. The van der Waals surface area contributed by atoms with E-state index in [2.05, 4.69) is 35.1 Å². The lowest BCUT2D eigenvalue weighted by atomic mass is 10.1. The van der Waals surface area contributed by atoms with Crippen LogP contribution in [0, 0.1) is 13.8 Å². The molecule has 0 spiro atoms. The third-order valence-electron chi connectivity index (χ3n) is 4.95. The van der Waals surface area contributed by atoms with Crippen LogP contribution in [0.2, 0.25) is 0 Å². The molecule has 1 aliphatic carbocycles. The van der Waals surface area contributed by atoms with E-state index in [9.17, 15) is 9.59 Å². The minimum absolute atomic E-state index is 0.0533. The highest BCUT2D eigenvalue weighted by Gasteiger charge is 2.26. The largest absolute Gasteiger partial charge is 0.346 e. The summed E-state index contributed by atoms with van der Waals surface area (Å²) in [5.74, 6) is -0.505. The molecule has 27 heavy (non-hydrogen) atoms. The van der Waals surface area contributed by atoms with Gasteiger partial charge in [0.15, 0.2) is 0 Å². The van der Waals surface area contributed by atoms with Crippen LogP contribution in [-0.4, -0.2) is 22.9 Å². The summed E-state index contributed by atoms with van der Waals surface area (Å²) >= 11 is 0. The number of nitrogens with one attached hydrogen (secondary N) is 2. The van der Waals surface area contributed by atoms with Gasteiger partial charge in [0.05, 0.1) is 6.54 Å². The Morgan fingerprint density at radius 2 is 1.96 bits per heavy atom. The lowest BCUT2D eigenvalue weighted by molar-refractivity contribution is -0.121. The second-order valence-corrected chi connectivity index (χ2v) is 7.04. The van der Waals surface area contributed by atoms with Crippen molar-refractivity contribution >= 4 is 23.6 Å². The van der Waals surface area contributed by atoms with Gasteiger partial charge in [-0.25, -0.2) is 0 Å². The van der Waals surface area contributed by atoms with Crippen molar-refractivity contribution in [1.82, 2.24) is 9.88 Å². The Labute approximate surface area is 160 Å². The molecule has 3 rings (SSSR count). The summed E-state index contributed by atoms with van der Waals surface area (Å²) in [6.45, 7) is 6.17. The van der Waals surface area contributed by atoms with Crippen molar-refractivity contribution in [3.05, 3.63) is 58.9 Å². The van der Waals surface area contributed by atoms with E-state index >= 15 is 0 Å². The Kier molecular flexibility index (Phi) is 5.79. The smallest absolute Gasteiger partial charge is 0.244 e. The van der Waals surface area contributed by atoms with Crippen LogP contribution in [0.15, 0.2) is 36.4 Å². The van der Waals surface area contributed by atoms with Crippen LogP contribution in [0.4, 0.5) is 5.69 Å². The molecule has 0 saturated heterocycles. The van der Waals surface area contributed by atoms with Crippen molar-refractivity contribution in [1.29, 1.82) is 0 Å². The molecule has 5 heteroatoms. The van der Waals surface area contributed by atoms with Crippen molar-refractivity contribution < 1.29 is 9.59 Å². The minimum atomic E-state index is -0.273. The van der Waals surface area contributed by atoms with Gasteiger partial charge < -0.3 is 15.2 Å². The highest BCUT2D eigenvalue weighted by atomic mass is 16.2. The first kappa shape index (κ1) is 19.0. The molecule has 142 valence electrons. The Bertz CT molecular complexity index is 876. The monoisotopic (exact) mass is 365 g/mol. The first-order chi connectivity index (χ1) is 13.0. The number of aromatic nitrogens is 1. The van der Waals surface area contributed by atoms with Crippen molar-refractivity contribution in [2.75, 3.05) is 11.9 Å². The maximum atomic E-state index is 12.1. The molecule has 5 nitrogen and oxygen atoms in total. The van der Waals surface area contributed by atoms with Gasteiger partial charge in [0.2, 0.25) is 11.8 Å². The van der Waals surface area contributed by atoms with Crippen LogP contribution < -0.4 is 10.6 Å². The van der Waals surface area contributed by atoms with E-state index in [0.29, 0.717) is 6.04 Å². The third-order valence-corrected chi connectivity index (χ3v) is 4.95. The van der Waals surface area contributed by atoms with Crippen molar-refractivity contribution in [3.63, 3.8) is 0 Å². The number of hydrogen-bond donors (Lipinski definition) is 2. The first-order valence-corrected chi connectivity index (χ1v) is 9.51. The Morgan fingerprint density at radius 1 is 1.22 bits per heavy atom. The zero-order valence-electron chi connectivity index (χ0n) is 16.2. The number of rotatable bonds is 7. The van der Waals surface area contributed by atoms with Crippen molar-refractivity contribution in [3.8, 4) is 0 Å². The van der Waals surface area contributed by atoms with Gasteiger partial charge in [-0.2, -0.15) is 0 Å². The molecule has 1 saturated carbocycles. The van der Waals surface area contributed by atoms with Gasteiger partial charge in [0, 0.05) is 29.2 Å². The van der Waals surface area contributed by atoms with E-state index in [1.807, 2.05) is 37.3 Å². The number of nitrogens with zero attached hydrogens (tertiary/aromatic N) is 1. The van der Waals surface area contributed by atoms with E-state index < -0.39 is 0 Å². The number of para-hydroxylation sites is 1. The number of carbonyl (C=O) groups excluding carboxylic acids is 2. The summed E-state index contributed by atoms with van der Waals surface area (Å²) in [5.41, 5.74) is 5.33. The zero-order chi connectivity index (χ0) is 19.4. The molecule has 0 unspecified atom stereocenters. The molecule has 0 aliphatic heterocycles. The highest BCUT2D eigenvalue weighted by Crippen LogP contribution is 2.38. The third kappa shape index (κ3) is 4.67. The Morgan fingerprint density at radius 3 is 2.67 bits per heavy atom. The zero-order valence-corrected chi connectivity index (χ0v) is 16.2. The normalized spacial score (nSPS) is 13.7. The maximum Gasteiger partial charge on any atom is 0.244 e. The Hall–Kier alpha value is -2.82. The Balaban J connectivity index is 1.53. The topological polar surface area (TPSA) is 63.1 Å². The summed E-state index contributed by atoms with van der Waals surface area (Å²) in [7, 11) is 0. The molecular weight excluding hydrogens is 338 g/mol. The van der Waals surface area contributed by atoms with Crippen molar-refractivity contribution in [2.45, 2.75) is 46.1 Å². The van der Waals surface area contributed by atoms with Crippen LogP contribution in [0.3, 0.4) is 0 Å². The fourth-order valence-corrected chi connectivity index (χ4v) is 3.40. The molecule has 0 bridgehead atoms. The molecule has 1 heterocycles. The molecule has 0 atom stereocenters. The fourth-order valence-electron chi connectivity index (χ4n) is 3.40. The maximum absolute atomic E-state index is 12.1. The fraction of sp³-hybridized carbons (Fsp3) is 0.364. The van der Waals surface area contributed by atoms with E-state index in [1.165, 1.54) is 30.3 Å². The summed E-state index contributed by atoms with van der Waals surface area (Å²) in [4.78, 5) is 24.2. The van der Waals surface area contributed by atoms with Gasteiger partial charge in [-0.15, -0.1) is 0 Å². The molecule has 2 aromatic rings. The van der Waals surface area contributed by atoms with E-state index in [1.54, 1.807) is 0 Å². The van der Waals surface area contributed by atoms with Crippen molar-refractivity contribution in [2.24, 2.45) is 0 Å². The van der Waals surface area contributed by atoms with E-state index in [-0.39, 0.29) is 18.4 Å². The summed E-state index contributed by atoms with van der Waals surface area (Å²) in [5, 5.41) is 5.49. The van der Waals surface area contributed by atoms with Gasteiger partial charge >= 0.3 is 0 Å². The van der Waals surface area contributed by atoms with Crippen LogP contribution in [0.1, 0.15) is 48.3 Å². The second kappa shape index (κ2) is 8.25. The number of hydrogen-bond acceptors (Lipinski definition) is 2. The lowest BCUT2D eigenvalue weighted by Crippen LogP contribution is -2.31. The summed E-state index contributed by atoms with van der Waals surface area (Å²) < 4.78 is 2.34. The quantitative estimate of drug-likeness (QED) is 0.734. The van der Waals surface area contributed by atoms with Gasteiger partial charge in [-0.1, -0.05) is 25.1 Å². The molecule has 1 aromatic heterocycles. The first-order valence-electron chi connectivity index (χ1n) is 9.51. The minimum Gasteiger partial charge on any atom is -0.346 e. The van der Waals surface area contributed by atoms with Gasteiger partial charge in [-0.3, -0.25) is 9.59 Å². The van der Waals surface area contributed by atoms with Crippen LogP contribution in [0.25, 0.3) is 6.08 Å². The van der Waals surface area contributed by atoms with Gasteiger partial charge in [0.25, 0.3) is 0 Å². The molecule has 1 aliphatic rings. The standard InChI is InChI=1S/C22H27N3O2/c1-4-17-7-5-6-8-20(17)24-22(27)14-23-21(26)12-9-18-13-15(2)25(16(18)3)19-10-11-19/h5-9,12-13,19H,4,10-11,14H2,1-3H3,(H,23,26)(H,24,27)/b12-9+. The highest BCUT2D eigenvalue weighted by molar-refractivity contribution is 5.98. The number of amides is 2. The second-order valence-electron chi connectivity index (χ2n) is 7.04. The predicted molar refractivity (Wildman–Crippen MR) is 109 cm³/mol. The van der Waals surface area contributed by atoms with E-state index in [0.717, 1.165) is 23.2 Å². The molecule has 0 radical (unpaired) electrons. The van der Waals surface area contributed by atoms with Crippen LogP contribution in [0.5, 0.6) is 0 Å². The molecule has 1 aromatic carbocycles. The molecule has 2 N–H and O–H groups in total. The van der Waals surface area contributed by atoms with E-state index in [4.69, 9.17) is 0 Å². The summed E-state index contributed by atoms with van der Waals surface area (Å²) in [6, 6.07) is 10.4. The number of carbonyl (C=O) groups is 2. The number of benzene rings is 1. The van der Waals surface area contributed by atoms with Gasteiger partial charge in [-0.05, 0) is 62.4 Å². The molecular formula is C22H27N3O2. The average Bonchev–Trinajstić information content (AvgIpc) is 3.44. The van der Waals surface area contributed by atoms with Gasteiger partial charge in [0.1, 0.15) is 0 Å². The number of aryl methyl sites for hydroxylation is 2. The average molecular weight is 365 g/mol. The number of anilines is 1.